The molecule has 0 saturated heterocycles. The fourth-order valence-corrected chi connectivity index (χ4v) is 3.62. The van der Waals surface area contributed by atoms with E-state index in [4.69, 9.17) is 14.2 Å². The lowest BCUT2D eigenvalue weighted by Crippen LogP contribution is -2.49. The molecule has 0 aliphatic heterocycles. The average Bonchev–Trinajstić information content (AvgIpc) is 2.91. The second-order valence-electron chi connectivity index (χ2n) is 8.02. The molecule has 0 unspecified atom stereocenters. The van der Waals surface area contributed by atoms with Crippen LogP contribution in [0.4, 0.5) is 0 Å². The van der Waals surface area contributed by atoms with Gasteiger partial charge in [-0.3, -0.25) is 9.59 Å². The van der Waals surface area contributed by atoms with Crippen molar-refractivity contribution in [3.63, 3.8) is 0 Å². The van der Waals surface area contributed by atoms with E-state index in [1.54, 1.807) is 38.2 Å². The van der Waals surface area contributed by atoms with Gasteiger partial charge in [0.15, 0.2) is 18.1 Å². The zero-order valence-electron chi connectivity index (χ0n) is 20.4. The van der Waals surface area contributed by atoms with Gasteiger partial charge in [-0.25, -0.2) is 0 Å². The summed E-state index contributed by atoms with van der Waals surface area (Å²) >= 11 is 0. The summed E-state index contributed by atoms with van der Waals surface area (Å²) < 4.78 is 16.3. The average molecular weight is 477 g/mol. The van der Waals surface area contributed by atoms with E-state index in [1.165, 1.54) is 0 Å². The van der Waals surface area contributed by atoms with Crippen LogP contribution in [0.5, 0.6) is 17.2 Å². The van der Waals surface area contributed by atoms with Crippen LogP contribution in [0.3, 0.4) is 0 Å². The number of benzene rings is 3. The van der Waals surface area contributed by atoms with Crippen molar-refractivity contribution in [2.45, 2.75) is 25.9 Å². The Hall–Kier alpha value is -4.00. The molecule has 2 amide bonds. The normalized spacial score (nSPS) is 11.3. The molecule has 0 spiro atoms. The highest BCUT2D eigenvalue weighted by Crippen LogP contribution is 2.27. The molecule has 3 aromatic carbocycles. The number of ether oxygens (including phenoxy) is 3. The van der Waals surface area contributed by atoms with E-state index in [0.29, 0.717) is 36.8 Å². The van der Waals surface area contributed by atoms with Crippen molar-refractivity contribution in [2.75, 3.05) is 27.4 Å². The maximum atomic E-state index is 13.1. The van der Waals surface area contributed by atoms with E-state index in [2.05, 4.69) is 5.32 Å². The summed E-state index contributed by atoms with van der Waals surface area (Å²) in [6, 6.07) is 23.7. The van der Waals surface area contributed by atoms with E-state index in [1.807, 2.05) is 66.7 Å². The molecule has 0 bridgehead atoms. The van der Waals surface area contributed by atoms with Gasteiger partial charge < -0.3 is 24.4 Å². The smallest absolute Gasteiger partial charge is 0.261 e. The van der Waals surface area contributed by atoms with Crippen molar-refractivity contribution >= 4 is 11.8 Å². The van der Waals surface area contributed by atoms with Crippen LogP contribution >= 0.6 is 0 Å². The Morgan fingerprint density at radius 3 is 2.17 bits per heavy atom. The first-order valence-corrected chi connectivity index (χ1v) is 11.5. The first-order chi connectivity index (χ1) is 17.0. The first-order valence-electron chi connectivity index (χ1n) is 11.5. The predicted octanol–water partition coefficient (Wildman–Crippen LogP) is 3.86. The molecule has 3 rings (SSSR count). The second kappa shape index (κ2) is 13.0. The first kappa shape index (κ1) is 25.6. The van der Waals surface area contributed by atoms with Gasteiger partial charge in [-0.05, 0) is 48.7 Å². The fourth-order valence-electron chi connectivity index (χ4n) is 3.62. The Bertz CT molecular complexity index is 1090. The number of rotatable bonds is 12. The molecule has 1 atom stereocenters. The monoisotopic (exact) mass is 476 g/mol. The van der Waals surface area contributed by atoms with Gasteiger partial charge in [-0.1, -0.05) is 54.6 Å². The van der Waals surface area contributed by atoms with Crippen molar-refractivity contribution in [1.29, 1.82) is 0 Å². The molecular formula is C28H32N2O5. The lowest BCUT2D eigenvalue weighted by atomic mass is 10.1. The SMILES string of the molecule is COc1ccc(CCNC(=O)[C@@H](C)N(Cc2ccccc2)C(=O)COc2ccccc2)cc1OC. The molecule has 7 heteroatoms. The van der Waals surface area contributed by atoms with Gasteiger partial charge in [0, 0.05) is 13.1 Å². The van der Waals surface area contributed by atoms with Crippen molar-refractivity contribution in [3.8, 4) is 17.2 Å². The third-order valence-electron chi connectivity index (χ3n) is 5.63. The summed E-state index contributed by atoms with van der Waals surface area (Å²) in [6.45, 7) is 2.31. The van der Waals surface area contributed by atoms with Gasteiger partial charge >= 0.3 is 0 Å². The van der Waals surface area contributed by atoms with Crippen molar-refractivity contribution in [1.82, 2.24) is 10.2 Å². The van der Waals surface area contributed by atoms with Gasteiger partial charge in [0.25, 0.3) is 5.91 Å². The fraction of sp³-hybridized carbons (Fsp3) is 0.286. The quantitative estimate of drug-likeness (QED) is 0.430. The van der Waals surface area contributed by atoms with Crippen LogP contribution in [-0.2, 0) is 22.6 Å². The molecule has 1 N–H and O–H groups in total. The second-order valence-corrected chi connectivity index (χ2v) is 8.02. The van der Waals surface area contributed by atoms with Gasteiger partial charge in [-0.15, -0.1) is 0 Å². The molecule has 0 heterocycles. The predicted molar refractivity (Wildman–Crippen MR) is 135 cm³/mol. The summed E-state index contributed by atoms with van der Waals surface area (Å²) in [5, 5.41) is 2.95. The Morgan fingerprint density at radius 1 is 0.857 bits per heavy atom. The number of methoxy groups -OCH3 is 2. The van der Waals surface area contributed by atoms with E-state index < -0.39 is 6.04 Å². The Balaban J connectivity index is 1.62. The lowest BCUT2D eigenvalue weighted by Gasteiger charge is -2.28. The molecule has 0 fully saturated rings. The third-order valence-corrected chi connectivity index (χ3v) is 5.63. The van der Waals surface area contributed by atoms with Crippen LogP contribution in [0.1, 0.15) is 18.1 Å². The summed E-state index contributed by atoms with van der Waals surface area (Å²) in [4.78, 5) is 27.6. The maximum absolute atomic E-state index is 13.1. The number of nitrogens with zero attached hydrogens (tertiary/aromatic N) is 1. The largest absolute Gasteiger partial charge is 0.493 e. The number of para-hydroxylation sites is 1. The molecule has 0 aromatic heterocycles. The molecule has 0 aliphatic rings. The summed E-state index contributed by atoms with van der Waals surface area (Å²) in [6.07, 6.45) is 0.614. The number of nitrogens with one attached hydrogen (secondary N) is 1. The van der Waals surface area contributed by atoms with Crippen LogP contribution in [-0.4, -0.2) is 50.1 Å². The van der Waals surface area contributed by atoms with Gasteiger partial charge in [0.1, 0.15) is 11.8 Å². The Morgan fingerprint density at radius 2 is 1.51 bits per heavy atom. The van der Waals surface area contributed by atoms with Crippen LogP contribution < -0.4 is 19.5 Å². The number of carbonyl (C=O) groups is 2. The highest BCUT2D eigenvalue weighted by atomic mass is 16.5. The van der Waals surface area contributed by atoms with Gasteiger partial charge in [0.2, 0.25) is 5.91 Å². The van der Waals surface area contributed by atoms with Crippen LogP contribution in [0.15, 0.2) is 78.9 Å². The molecule has 35 heavy (non-hydrogen) atoms. The molecule has 3 aromatic rings. The molecule has 0 saturated carbocycles. The van der Waals surface area contributed by atoms with Crippen molar-refractivity contribution in [2.24, 2.45) is 0 Å². The van der Waals surface area contributed by atoms with Gasteiger partial charge in [-0.2, -0.15) is 0 Å². The van der Waals surface area contributed by atoms with E-state index in [0.717, 1.165) is 11.1 Å². The van der Waals surface area contributed by atoms with E-state index >= 15 is 0 Å². The molecule has 7 nitrogen and oxygen atoms in total. The zero-order chi connectivity index (χ0) is 25.0. The number of carbonyl (C=O) groups excluding carboxylic acids is 2. The zero-order valence-corrected chi connectivity index (χ0v) is 20.4. The Labute approximate surface area is 206 Å². The molecule has 0 aliphatic carbocycles. The maximum Gasteiger partial charge on any atom is 0.261 e. The standard InChI is InChI=1S/C28H32N2O5/c1-21(28(32)29-17-16-22-14-15-25(33-2)26(18-22)34-3)30(19-23-10-6-4-7-11-23)27(31)20-35-24-12-8-5-9-13-24/h4-15,18,21H,16-17,19-20H2,1-3H3,(H,29,32)/t21-/m1/s1. The van der Waals surface area contributed by atoms with Crippen LogP contribution in [0.25, 0.3) is 0 Å². The number of hydrogen-bond acceptors (Lipinski definition) is 5. The lowest BCUT2D eigenvalue weighted by molar-refractivity contribution is -0.142. The van der Waals surface area contributed by atoms with E-state index in [9.17, 15) is 9.59 Å². The number of amides is 2. The topological polar surface area (TPSA) is 77.1 Å². The summed E-state index contributed by atoms with van der Waals surface area (Å²) in [7, 11) is 3.18. The minimum absolute atomic E-state index is 0.153. The van der Waals surface area contributed by atoms with Crippen LogP contribution in [0.2, 0.25) is 0 Å². The number of hydrogen-bond donors (Lipinski definition) is 1. The van der Waals surface area contributed by atoms with Crippen LogP contribution in [0, 0.1) is 0 Å². The minimum Gasteiger partial charge on any atom is -0.493 e. The van der Waals surface area contributed by atoms with Gasteiger partial charge in [0.05, 0.1) is 14.2 Å². The Kier molecular flexibility index (Phi) is 9.54. The minimum atomic E-state index is -0.674. The highest BCUT2D eigenvalue weighted by Gasteiger charge is 2.26. The van der Waals surface area contributed by atoms with Crippen molar-refractivity contribution in [3.05, 3.63) is 90.0 Å². The summed E-state index contributed by atoms with van der Waals surface area (Å²) in [5.41, 5.74) is 1.94. The third kappa shape index (κ3) is 7.50. The van der Waals surface area contributed by atoms with Crippen molar-refractivity contribution < 1.29 is 23.8 Å². The molecule has 184 valence electrons. The molecule has 0 radical (unpaired) electrons. The summed E-state index contributed by atoms with van der Waals surface area (Å²) in [5.74, 6) is 1.41. The van der Waals surface area contributed by atoms with E-state index in [-0.39, 0.29) is 18.4 Å². The highest BCUT2D eigenvalue weighted by molar-refractivity contribution is 5.88. The molecular weight excluding hydrogens is 444 g/mol.